The van der Waals surface area contributed by atoms with Gasteiger partial charge in [0.05, 0.1) is 6.10 Å². The molecule has 0 saturated heterocycles. The molecule has 1 aliphatic carbocycles. The molecule has 1 aliphatic rings. The van der Waals surface area contributed by atoms with Gasteiger partial charge < -0.3 is 10.2 Å². The number of rotatable bonds is 2. The first-order valence-corrected chi connectivity index (χ1v) is 4.73. The van der Waals surface area contributed by atoms with Gasteiger partial charge >= 0.3 is 0 Å². The van der Waals surface area contributed by atoms with E-state index in [1.54, 1.807) is 0 Å². The van der Waals surface area contributed by atoms with Crippen LogP contribution in [0.3, 0.4) is 0 Å². The van der Waals surface area contributed by atoms with Gasteiger partial charge in [0.2, 0.25) is 0 Å². The molecule has 0 aromatic rings. The van der Waals surface area contributed by atoms with Crippen LogP contribution in [-0.4, -0.2) is 22.9 Å². The zero-order chi connectivity index (χ0) is 9.41. The molecule has 0 heterocycles. The maximum absolute atomic E-state index is 9.74. The van der Waals surface area contributed by atoms with E-state index >= 15 is 0 Å². The zero-order valence-electron chi connectivity index (χ0n) is 8.30. The molecule has 0 aromatic heterocycles. The smallest absolute Gasteiger partial charge is 0.0596 e. The highest BCUT2D eigenvalue weighted by Gasteiger charge is 2.50. The molecule has 1 fully saturated rings. The molecule has 2 N–H and O–H groups in total. The molecule has 0 bridgehead atoms. The average molecular weight is 172 g/mol. The molecule has 2 nitrogen and oxygen atoms in total. The second kappa shape index (κ2) is 3.00. The molecule has 2 heteroatoms. The Hall–Kier alpha value is -0.0800. The molecule has 12 heavy (non-hydrogen) atoms. The molecule has 0 radical (unpaired) electrons. The first kappa shape index (κ1) is 10.0. The molecule has 0 spiro atoms. The van der Waals surface area contributed by atoms with Gasteiger partial charge in [-0.05, 0) is 30.1 Å². The molecule has 0 amide bonds. The summed E-state index contributed by atoms with van der Waals surface area (Å²) in [4.78, 5) is 0. The minimum absolute atomic E-state index is 0.0459. The summed E-state index contributed by atoms with van der Waals surface area (Å²) in [6.45, 7) is 6.59. The predicted octanol–water partition coefficient (Wildman–Crippen LogP) is 1.56. The Labute approximate surface area is 74.6 Å². The minimum Gasteiger partial charge on any atom is -0.396 e. The summed E-state index contributed by atoms with van der Waals surface area (Å²) in [5.74, 6) is 0. The van der Waals surface area contributed by atoms with E-state index in [1.165, 1.54) is 0 Å². The monoisotopic (exact) mass is 172 g/mol. The number of aliphatic hydroxyl groups excluding tert-OH is 2. The van der Waals surface area contributed by atoms with E-state index in [4.69, 9.17) is 5.11 Å². The SMILES string of the molecule is CC1(CCO)CCC(O)C1(C)C. The highest BCUT2D eigenvalue weighted by Crippen LogP contribution is 2.54. The second-order valence-electron chi connectivity index (χ2n) is 4.81. The summed E-state index contributed by atoms with van der Waals surface area (Å²) in [6.07, 6.45) is 2.51. The lowest BCUT2D eigenvalue weighted by Gasteiger charge is -2.39. The summed E-state index contributed by atoms with van der Waals surface area (Å²) < 4.78 is 0. The third-order valence-corrected chi connectivity index (χ3v) is 4.02. The highest BCUT2D eigenvalue weighted by atomic mass is 16.3. The van der Waals surface area contributed by atoms with Gasteiger partial charge in [0, 0.05) is 6.61 Å². The van der Waals surface area contributed by atoms with Crippen molar-refractivity contribution in [2.45, 2.75) is 46.1 Å². The predicted molar refractivity (Wildman–Crippen MR) is 48.8 cm³/mol. The number of hydrogen-bond acceptors (Lipinski definition) is 2. The van der Waals surface area contributed by atoms with E-state index in [0.717, 1.165) is 19.3 Å². The van der Waals surface area contributed by atoms with Crippen molar-refractivity contribution >= 4 is 0 Å². The van der Waals surface area contributed by atoms with Crippen molar-refractivity contribution < 1.29 is 10.2 Å². The fourth-order valence-electron chi connectivity index (χ4n) is 2.23. The molecule has 2 unspecified atom stereocenters. The Kier molecular flexibility index (Phi) is 2.50. The lowest BCUT2D eigenvalue weighted by molar-refractivity contribution is -0.0000493. The Bertz CT molecular complexity index is 161. The Balaban J connectivity index is 2.78. The van der Waals surface area contributed by atoms with Gasteiger partial charge in [-0.2, -0.15) is 0 Å². The van der Waals surface area contributed by atoms with Crippen LogP contribution in [-0.2, 0) is 0 Å². The van der Waals surface area contributed by atoms with Crippen molar-refractivity contribution in [3.8, 4) is 0 Å². The van der Waals surface area contributed by atoms with Crippen LogP contribution >= 0.6 is 0 Å². The topological polar surface area (TPSA) is 40.5 Å². The third kappa shape index (κ3) is 1.27. The van der Waals surface area contributed by atoms with Crippen molar-refractivity contribution in [1.82, 2.24) is 0 Å². The van der Waals surface area contributed by atoms with Gasteiger partial charge in [0.25, 0.3) is 0 Å². The van der Waals surface area contributed by atoms with E-state index in [0.29, 0.717) is 0 Å². The van der Waals surface area contributed by atoms with Crippen LogP contribution in [0.2, 0.25) is 0 Å². The average Bonchev–Trinajstić information content (AvgIpc) is 2.16. The van der Waals surface area contributed by atoms with Crippen molar-refractivity contribution in [2.24, 2.45) is 10.8 Å². The fourth-order valence-corrected chi connectivity index (χ4v) is 2.23. The van der Waals surface area contributed by atoms with Crippen LogP contribution in [0.4, 0.5) is 0 Å². The molecule has 1 rings (SSSR count). The third-order valence-electron chi connectivity index (χ3n) is 4.02. The quantitative estimate of drug-likeness (QED) is 0.663. The van der Waals surface area contributed by atoms with Crippen molar-refractivity contribution in [3.05, 3.63) is 0 Å². The van der Waals surface area contributed by atoms with Crippen LogP contribution in [0.1, 0.15) is 40.0 Å². The molecule has 72 valence electrons. The van der Waals surface area contributed by atoms with E-state index < -0.39 is 0 Å². The largest absolute Gasteiger partial charge is 0.396 e. The summed E-state index contributed by atoms with van der Waals surface area (Å²) in [5.41, 5.74) is 0.0664. The summed E-state index contributed by atoms with van der Waals surface area (Å²) in [7, 11) is 0. The van der Waals surface area contributed by atoms with E-state index in [9.17, 15) is 5.11 Å². The van der Waals surface area contributed by atoms with Crippen LogP contribution in [0.5, 0.6) is 0 Å². The Morgan fingerprint density at radius 2 is 1.92 bits per heavy atom. The van der Waals surface area contributed by atoms with Crippen LogP contribution in [0, 0.1) is 10.8 Å². The fraction of sp³-hybridized carbons (Fsp3) is 1.00. The number of hydrogen-bond donors (Lipinski definition) is 2. The van der Waals surface area contributed by atoms with E-state index in [-0.39, 0.29) is 23.5 Å². The maximum Gasteiger partial charge on any atom is 0.0596 e. The first-order valence-electron chi connectivity index (χ1n) is 4.73. The van der Waals surface area contributed by atoms with Crippen LogP contribution < -0.4 is 0 Å². The molecule has 2 atom stereocenters. The minimum atomic E-state index is -0.200. The second-order valence-corrected chi connectivity index (χ2v) is 4.81. The van der Waals surface area contributed by atoms with Crippen molar-refractivity contribution in [3.63, 3.8) is 0 Å². The molecule has 0 aliphatic heterocycles. The van der Waals surface area contributed by atoms with Crippen molar-refractivity contribution in [1.29, 1.82) is 0 Å². The van der Waals surface area contributed by atoms with Gasteiger partial charge in [-0.15, -0.1) is 0 Å². The molecule has 0 aromatic carbocycles. The van der Waals surface area contributed by atoms with Crippen LogP contribution in [0.15, 0.2) is 0 Å². The van der Waals surface area contributed by atoms with Gasteiger partial charge in [0.1, 0.15) is 0 Å². The van der Waals surface area contributed by atoms with Gasteiger partial charge in [-0.1, -0.05) is 20.8 Å². The number of aliphatic hydroxyl groups is 2. The summed E-state index contributed by atoms with van der Waals surface area (Å²) in [6, 6.07) is 0. The highest BCUT2D eigenvalue weighted by molar-refractivity contribution is 5.00. The lowest BCUT2D eigenvalue weighted by Crippen LogP contribution is -2.37. The van der Waals surface area contributed by atoms with Gasteiger partial charge in [-0.25, -0.2) is 0 Å². The van der Waals surface area contributed by atoms with Gasteiger partial charge in [-0.3, -0.25) is 0 Å². The van der Waals surface area contributed by atoms with Gasteiger partial charge in [0.15, 0.2) is 0 Å². The van der Waals surface area contributed by atoms with E-state index in [2.05, 4.69) is 20.8 Å². The Morgan fingerprint density at radius 3 is 2.25 bits per heavy atom. The van der Waals surface area contributed by atoms with Crippen molar-refractivity contribution in [2.75, 3.05) is 6.61 Å². The standard InChI is InChI=1S/C10H20O2/c1-9(2)8(12)4-5-10(9,3)6-7-11/h8,11-12H,4-7H2,1-3H3. The molecular weight excluding hydrogens is 152 g/mol. The first-order chi connectivity index (χ1) is 5.44. The van der Waals surface area contributed by atoms with E-state index in [1.807, 2.05) is 0 Å². The Morgan fingerprint density at radius 1 is 1.33 bits per heavy atom. The maximum atomic E-state index is 9.74. The summed E-state index contributed by atoms with van der Waals surface area (Å²) >= 11 is 0. The lowest BCUT2D eigenvalue weighted by atomic mass is 9.67. The zero-order valence-corrected chi connectivity index (χ0v) is 8.30. The molecular formula is C10H20O2. The van der Waals surface area contributed by atoms with Crippen LogP contribution in [0.25, 0.3) is 0 Å². The summed E-state index contributed by atoms with van der Waals surface area (Å²) in [5, 5.41) is 18.7. The normalized spacial score (nSPS) is 40.2. The molecule has 1 saturated carbocycles.